The van der Waals surface area contributed by atoms with E-state index in [1.165, 1.54) is 0 Å². The molecule has 8 nitrogen and oxygen atoms in total. The Morgan fingerprint density at radius 1 is 1.22 bits per heavy atom. The zero-order valence-electron chi connectivity index (χ0n) is 11.8. The molecule has 0 saturated carbocycles. The van der Waals surface area contributed by atoms with Gasteiger partial charge >= 0.3 is 0 Å². The van der Waals surface area contributed by atoms with Crippen molar-refractivity contribution < 1.29 is 20.0 Å². The molecule has 5 N–H and O–H groups in total. The van der Waals surface area contributed by atoms with Crippen LogP contribution in [0.3, 0.4) is 0 Å². The van der Waals surface area contributed by atoms with E-state index in [-0.39, 0.29) is 17.2 Å². The second kappa shape index (κ2) is 7.96. The minimum atomic E-state index is -1.17. The highest BCUT2D eigenvalue weighted by atomic mass is 19.1. The molecule has 0 amide bonds. The number of hydrogen-bond donors (Lipinski definition) is 5. The number of nitrogens with one attached hydrogen (secondary N) is 3. The van der Waals surface area contributed by atoms with Gasteiger partial charge in [-0.25, -0.2) is 25.5 Å². The largest absolute Gasteiger partial charge is 0.595 e. The monoisotopic (exact) mass is 319 g/mol. The molecule has 9 heteroatoms. The minimum absolute atomic E-state index is 0.0191. The summed E-state index contributed by atoms with van der Waals surface area (Å²) in [6.07, 6.45) is 1.08. The molecule has 0 spiro atoms. The molecule has 0 radical (unpaired) electrons. The van der Waals surface area contributed by atoms with Crippen molar-refractivity contribution in [1.82, 2.24) is 10.9 Å². The van der Waals surface area contributed by atoms with Crippen molar-refractivity contribution in [2.45, 2.75) is 0 Å². The smallest absolute Gasteiger partial charge is 0.241 e. The zero-order valence-corrected chi connectivity index (χ0v) is 11.8. The first-order valence-corrected chi connectivity index (χ1v) is 6.46. The van der Waals surface area contributed by atoms with Crippen molar-refractivity contribution in [3.8, 4) is 0 Å². The fraction of sp³-hybridized carbons (Fsp3) is 0. The summed E-state index contributed by atoms with van der Waals surface area (Å²) in [4.78, 5) is 4.02. The Labute approximate surface area is 130 Å². The topological polar surface area (TPSA) is 117 Å². The summed E-state index contributed by atoms with van der Waals surface area (Å²) in [5.74, 6) is -0.707. The van der Waals surface area contributed by atoms with Crippen molar-refractivity contribution in [3.63, 3.8) is 0 Å². The molecule has 0 aliphatic heterocycles. The van der Waals surface area contributed by atoms with E-state index in [9.17, 15) is 9.60 Å². The number of hydrazone groups is 1. The Morgan fingerprint density at radius 3 is 2.61 bits per heavy atom. The van der Waals surface area contributed by atoms with Crippen LogP contribution < -0.4 is 16.1 Å². The van der Waals surface area contributed by atoms with Crippen LogP contribution in [0.4, 0.5) is 15.8 Å². The lowest BCUT2D eigenvalue weighted by Gasteiger charge is -2.11. The molecule has 2 aromatic carbocycles. The van der Waals surface area contributed by atoms with E-state index < -0.39 is 11.0 Å². The molecular weight excluding hydrogens is 305 g/mol. The fourth-order valence-electron chi connectivity index (χ4n) is 1.65. The average Bonchev–Trinajstić information content (AvgIpc) is 2.56. The first kappa shape index (κ1) is 16.5. The van der Waals surface area contributed by atoms with Gasteiger partial charge in [-0.15, -0.1) is 0 Å². The maximum Gasteiger partial charge on any atom is 0.241 e. The summed E-state index contributed by atoms with van der Waals surface area (Å²) in [6, 6.07) is 12.1. The van der Waals surface area contributed by atoms with Gasteiger partial charge in [0.25, 0.3) is 0 Å². The quantitative estimate of drug-likeness (QED) is 0.325. The second-order valence-electron chi connectivity index (χ2n) is 4.32. The zero-order chi connectivity index (χ0) is 16.7. The van der Waals surface area contributed by atoms with E-state index in [2.05, 4.69) is 15.5 Å². The maximum atomic E-state index is 13.6. The summed E-state index contributed by atoms with van der Waals surface area (Å²) in [7, 11) is 0. The third-order valence-electron chi connectivity index (χ3n) is 2.72. The second-order valence-corrected chi connectivity index (χ2v) is 4.32. The number of hydrogen-bond acceptors (Lipinski definition) is 5. The number of aliphatic imine (C=N–C) groups is 1. The van der Waals surface area contributed by atoms with Gasteiger partial charge in [-0.2, -0.15) is 10.3 Å². The molecule has 1 atom stereocenters. The molecule has 0 aliphatic carbocycles. The first-order valence-electron chi connectivity index (χ1n) is 6.46. The van der Waals surface area contributed by atoms with Crippen molar-refractivity contribution in [3.05, 3.63) is 65.1 Å². The third-order valence-corrected chi connectivity index (χ3v) is 2.72. The molecule has 120 valence electrons. The standard InChI is InChI=1S/C14H14FN5O3/c15-13-7-6-12(20(22)23)8-10(13)9-16-18-14(19-21)17-11-4-2-1-3-5-11/h1-9,20-22H,(H2,17,18,19)/b16-9+. The van der Waals surface area contributed by atoms with Crippen molar-refractivity contribution in [2.24, 2.45) is 10.1 Å². The van der Waals surface area contributed by atoms with Crippen LogP contribution in [0.2, 0.25) is 0 Å². The van der Waals surface area contributed by atoms with Crippen LogP contribution in [-0.2, 0) is 0 Å². The van der Waals surface area contributed by atoms with Crippen LogP contribution >= 0.6 is 0 Å². The van der Waals surface area contributed by atoms with Gasteiger partial charge in [0.05, 0.1) is 11.9 Å². The van der Waals surface area contributed by atoms with E-state index in [4.69, 9.17) is 10.4 Å². The normalized spacial score (nSPS) is 13.1. The lowest BCUT2D eigenvalue weighted by Crippen LogP contribution is -2.99. The predicted molar refractivity (Wildman–Crippen MR) is 81.4 cm³/mol. The SMILES string of the molecule is [O-][NH+](O)c1ccc(F)c(/C=N/NC(=Nc2ccccc2)NO)c1. The highest BCUT2D eigenvalue weighted by molar-refractivity contribution is 5.85. The number of guanidine groups is 1. The summed E-state index contributed by atoms with van der Waals surface area (Å²) in [5, 5.41) is 31.2. The molecule has 0 fully saturated rings. The van der Waals surface area contributed by atoms with Gasteiger partial charge in [0.15, 0.2) is 5.69 Å². The third kappa shape index (κ3) is 4.83. The number of nitrogens with zero attached hydrogens (tertiary/aromatic N) is 2. The molecule has 1 unspecified atom stereocenters. The molecule has 0 aromatic heterocycles. The summed E-state index contributed by atoms with van der Waals surface area (Å²) in [5.41, 5.74) is 4.68. The molecule has 23 heavy (non-hydrogen) atoms. The van der Waals surface area contributed by atoms with Crippen molar-refractivity contribution >= 4 is 23.5 Å². The van der Waals surface area contributed by atoms with Crippen LogP contribution in [0.15, 0.2) is 58.6 Å². The van der Waals surface area contributed by atoms with Crippen molar-refractivity contribution in [2.75, 3.05) is 0 Å². The Bertz CT molecular complexity index is 707. The molecule has 0 heterocycles. The molecule has 0 saturated heterocycles. The van der Waals surface area contributed by atoms with Crippen LogP contribution in [-0.4, -0.2) is 22.6 Å². The van der Waals surface area contributed by atoms with Crippen LogP contribution in [0.5, 0.6) is 0 Å². The Kier molecular flexibility index (Phi) is 5.72. The number of para-hydroxylation sites is 1. The molecule has 2 rings (SSSR count). The van der Waals surface area contributed by atoms with Crippen molar-refractivity contribution in [1.29, 1.82) is 0 Å². The van der Waals surface area contributed by atoms with Crippen LogP contribution in [0, 0.1) is 11.0 Å². The van der Waals surface area contributed by atoms with Gasteiger partial charge in [-0.3, -0.25) is 5.21 Å². The Balaban J connectivity index is 2.11. The van der Waals surface area contributed by atoms with E-state index in [1.54, 1.807) is 24.3 Å². The lowest BCUT2D eigenvalue weighted by molar-refractivity contribution is -0.991. The molecule has 2 aromatic rings. The van der Waals surface area contributed by atoms with Gasteiger partial charge < -0.3 is 5.21 Å². The average molecular weight is 319 g/mol. The lowest BCUT2D eigenvalue weighted by atomic mass is 10.2. The summed E-state index contributed by atoms with van der Waals surface area (Å²) < 4.78 is 13.6. The van der Waals surface area contributed by atoms with Gasteiger partial charge in [-0.1, -0.05) is 18.2 Å². The first-order chi connectivity index (χ1) is 11.1. The van der Waals surface area contributed by atoms with Crippen LogP contribution in [0.25, 0.3) is 0 Å². The van der Waals surface area contributed by atoms with E-state index in [0.29, 0.717) is 5.69 Å². The summed E-state index contributed by atoms with van der Waals surface area (Å²) >= 11 is 0. The maximum absolute atomic E-state index is 13.6. The summed E-state index contributed by atoms with van der Waals surface area (Å²) in [6.45, 7) is 0. The van der Waals surface area contributed by atoms with Gasteiger partial charge in [0.2, 0.25) is 5.96 Å². The minimum Gasteiger partial charge on any atom is -0.595 e. The molecule has 0 aliphatic rings. The van der Waals surface area contributed by atoms with Gasteiger partial charge in [0.1, 0.15) is 5.82 Å². The fourth-order valence-corrected chi connectivity index (χ4v) is 1.65. The van der Waals surface area contributed by atoms with E-state index in [0.717, 1.165) is 24.4 Å². The van der Waals surface area contributed by atoms with Gasteiger partial charge in [0, 0.05) is 17.7 Å². The number of halogens is 1. The predicted octanol–water partition coefficient (Wildman–Crippen LogP) is 0.819. The van der Waals surface area contributed by atoms with E-state index >= 15 is 0 Å². The number of quaternary nitrogens is 1. The molecule has 0 bridgehead atoms. The highest BCUT2D eigenvalue weighted by Gasteiger charge is 2.06. The Hall–Kier alpha value is -2.85. The molecular formula is C14H14FN5O3. The number of hydroxylamine groups is 1. The van der Waals surface area contributed by atoms with Crippen LogP contribution in [0.1, 0.15) is 5.56 Å². The number of rotatable bonds is 4. The van der Waals surface area contributed by atoms with Gasteiger partial charge in [-0.05, 0) is 18.2 Å². The highest BCUT2D eigenvalue weighted by Crippen LogP contribution is 2.10. The number of benzene rings is 2. The van der Waals surface area contributed by atoms with E-state index in [1.807, 2.05) is 11.5 Å². The Morgan fingerprint density at radius 2 is 1.96 bits per heavy atom.